The normalized spacial score (nSPS) is 11.7. The van der Waals surface area contributed by atoms with Crippen LogP contribution in [0.2, 0.25) is 0 Å². The molecule has 4 nitrogen and oxygen atoms in total. The van der Waals surface area contributed by atoms with Crippen molar-refractivity contribution in [2.45, 2.75) is 24.5 Å². The van der Waals surface area contributed by atoms with Gasteiger partial charge in [-0.2, -0.15) is 0 Å². The topological polar surface area (TPSA) is 47.6 Å². The van der Waals surface area contributed by atoms with Crippen molar-refractivity contribution in [2.75, 3.05) is 14.2 Å². The van der Waals surface area contributed by atoms with Gasteiger partial charge in [0.2, 0.25) is 5.91 Å². The van der Waals surface area contributed by atoms with Gasteiger partial charge in [0.15, 0.2) is 11.5 Å². The lowest BCUT2D eigenvalue weighted by atomic mass is 10.2. The van der Waals surface area contributed by atoms with Crippen molar-refractivity contribution < 1.29 is 14.3 Å². The molecule has 134 valence electrons. The Hall–Kier alpha value is -1.66. The zero-order valence-electron chi connectivity index (χ0n) is 14.5. The second-order valence-electron chi connectivity index (χ2n) is 5.49. The quantitative estimate of drug-likeness (QED) is 0.682. The highest BCUT2D eigenvalue weighted by molar-refractivity contribution is 9.10. The van der Waals surface area contributed by atoms with Gasteiger partial charge in [-0.05, 0) is 42.3 Å². The molecular formula is C19H22BrNO3S. The lowest BCUT2D eigenvalue weighted by Crippen LogP contribution is -2.30. The molecule has 0 saturated heterocycles. The van der Waals surface area contributed by atoms with Crippen LogP contribution in [0.4, 0.5) is 0 Å². The van der Waals surface area contributed by atoms with Crippen molar-refractivity contribution in [3.05, 3.63) is 58.1 Å². The highest BCUT2D eigenvalue weighted by Crippen LogP contribution is 2.27. The van der Waals surface area contributed by atoms with Crippen LogP contribution in [-0.4, -0.2) is 25.4 Å². The average molecular weight is 424 g/mol. The number of nitrogens with one attached hydrogen (secondary N) is 1. The van der Waals surface area contributed by atoms with Gasteiger partial charge in [0.1, 0.15) is 0 Å². The van der Waals surface area contributed by atoms with Crippen LogP contribution in [0, 0.1) is 0 Å². The Balaban J connectivity index is 1.83. The Morgan fingerprint density at radius 1 is 1.08 bits per heavy atom. The average Bonchev–Trinajstić information content (AvgIpc) is 2.65. The fourth-order valence-electron chi connectivity index (χ4n) is 2.20. The molecule has 0 aliphatic carbocycles. The maximum atomic E-state index is 12.3. The summed E-state index contributed by atoms with van der Waals surface area (Å²) in [6.45, 7) is 2.38. The Bertz CT molecular complexity index is 706. The molecule has 0 spiro atoms. The predicted octanol–water partition coefficient (Wildman–Crippen LogP) is 4.40. The summed E-state index contributed by atoms with van der Waals surface area (Å²) >= 11 is 5.04. The fraction of sp³-hybridized carbons (Fsp3) is 0.316. The summed E-state index contributed by atoms with van der Waals surface area (Å²) in [7, 11) is 3.20. The first-order chi connectivity index (χ1) is 12.0. The summed E-state index contributed by atoms with van der Waals surface area (Å²) in [5, 5.41) is 2.85. The molecule has 0 heterocycles. The van der Waals surface area contributed by atoms with Gasteiger partial charge in [0.05, 0.1) is 19.5 Å². The van der Waals surface area contributed by atoms with Crippen molar-refractivity contribution in [3.8, 4) is 11.5 Å². The number of benzene rings is 2. The first-order valence-electron chi connectivity index (χ1n) is 7.88. The third-order valence-corrected chi connectivity index (χ3v) is 5.44. The van der Waals surface area contributed by atoms with Crippen LogP contribution < -0.4 is 14.8 Å². The zero-order valence-corrected chi connectivity index (χ0v) is 16.9. The second kappa shape index (κ2) is 9.73. The first kappa shape index (κ1) is 19.7. The number of rotatable bonds is 8. The molecule has 2 rings (SSSR count). The van der Waals surface area contributed by atoms with Crippen LogP contribution in [0.25, 0.3) is 0 Å². The van der Waals surface area contributed by atoms with Gasteiger partial charge in [-0.1, -0.05) is 34.1 Å². The molecule has 1 N–H and O–H groups in total. The minimum Gasteiger partial charge on any atom is -0.493 e. The molecule has 2 aromatic carbocycles. The van der Waals surface area contributed by atoms with Crippen molar-refractivity contribution in [1.82, 2.24) is 5.32 Å². The van der Waals surface area contributed by atoms with E-state index in [1.807, 2.05) is 37.3 Å². The van der Waals surface area contributed by atoms with E-state index in [0.29, 0.717) is 18.0 Å². The van der Waals surface area contributed by atoms with E-state index in [4.69, 9.17) is 9.47 Å². The van der Waals surface area contributed by atoms with Crippen molar-refractivity contribution in [3.63, 3.8) is 0 Å². The summed E-state index contributed by atoms with van der Waals surface area (Å²) in [5.41, 5.74) is 2.17. The minimum atomic E-state index is -0.121. The van der Waals surface area contributed by atoms with E-state index in [1.54, 1.807) is 26.0 Å². The lowest BCUT2D eigenvalue weighted by molar-refractivity contribution is -0.120. The molecule has 0 aliphatic rings. The van der Waals surface area contributed by atoms with E-state index in [1.165, 1.54) is 5.56 Å². The van der Waals surface area contributed by atoms with E-state index in [0.717, 1.165) is 15.8 Å². The molecule has 6 heteroatoms. The standard InChI is InChI=1S/C19H22BrNO3S/c1-13(25-12-14-4-7-16(20)8-5-14)19(22)21-11-15-6-9-17(23-2)18(10-15)24-3/h4-10,13H,11-12H2,1-3H3,(H,21,22). The van der Waals surface area contributed by atoms with Gasteiger partial charge in [0, 0.05) is 16.8 Å². The summed E-state index contributed by atoms with van der Waals surface area (Å²) in [6, 6.07) is 13.8. The number of carbonyl (C=O) groups excluding carboxylic acids is 1. The molecule has 0 bridgehead atoms. The van der Waals surface area contributed by atoms with Crippen LogP contribution >= 0.6 is 27.7 Å². The molecule has 0 aromatic heterocycles. The number of hydrogen-bond acceptors (Lipinski definition) is 4. The summed E-state index contributed by atoms with van der Waals surface area (Å²) in [5.74, 6) is 2.16. The Morgan fingerprint density at radius 3 is 2.36 bits per heavy atom. The van der Waals surface area contributed by atoms with Gasteiger partial charge in [0.25, 0.3) is 0 Å². The third-order valence-electron chi connectivity index (χ3n) is 3.70. The zero-order chi connectivity index (χ0) is 18.2. The maximum absolute atomic E-state index is 12.3. The Labute approximate surface area is 161 Å². The molecule has 1 atom stereocenters. The van der Waals surface area contributed by atoms with E-state index >= 15 is 0 Å². The number of carbonyl (C=O) groups is 1. The number of methoxy groups -OCH3 is 2. The largest absolute Gasteiger partial charge is 0.493 e. The van der Waals surface area contributed by atoms with Crippen LogP contribution in [-0.2, 0) is 17.1 Å². The minimum absolute atomic E-state index is 0.0249. The van der Waals surface area contributed by atoms with E-state index in [9.17, 15) is 4.79 Å². The smallest absolute Gasteiger partial charge is 0.233 e. The van der Waals surface area contributed by atoms with Gasteiger partial charge in [-0.25, -0.2) is 0 Å². The fourth-order valence-corrected chi connectivity index (χ4v) is 3.33. The third kappa shape index (κ3) is 5.97. The number of ether oxygens (including phenoxy) is 2. The monoisotopic (exact) mass is 423 g/mol. The van der Waals surface area contributed by atoms with Gasteiger partial charge >= 0.3 is 0 Å². The van der Waals surface area contributed by atoms with Crippen LogP contribution in [0.1, 0.15) is 18.1 Å². The van der Waals surface area contributed by atoms with Crippen molar-refractivity contribution in [2.24, 2.45) is 0 Å². The maximum Gasteiger partial charge on any atom is 0.233 e. The van der Waals surface area contributed by atoms with Crippen LogP contribution in [0.3, 0.4) is 0 Å². The Morgan fingerprint density at radius 2 is 1.72 bits per heavy atom. The summed E-state index contributed by atoms with van der Waals surface area (Å²) in [4.78, 5) is 12.3. The molecule has 0 radical (unpaired) electrons. The second-order valence-corrected chi connectivity index (χ2v) is 7.73. The van der Waals surface area contributed by atoms with Gasteiger partial charge in [-0.3, -0.25) is 4.79 Å². The number of thioether (sulfide) groups is 1. The van der Waals surface area contributed by atoms with E-state index in [-0.39, 0.29) is 11.2 Å². The van der Waals surface area contributed by atoms with Crippen molar-refractivity contribution in [1.29, 1.82) is 0 Å². The molecule has 1 amide bonds. The molecule has 0 saturated carbocycles. The summed E-state index contributed by atoms with van der Waals surface area (Å²) < 4.78 is 11.6. The lowest BCUT2D eigenvalue weighted by Gasteiger charge is -2.13. The van der Waals surface area contributed by atoms with Crippen molar-refractivity contribution >= 4 is 33.6 Å². The van der Waals surface area contributed by atoms with Crippen LogP contribution in [0.5, 0.6) is 11.5 Å². The molecule has 1 unspecified atom stereocenters. The highest BCUT2D eigenvalue weighted by Gasteiger charge is 2.13. The molecule has 0 fully saturated rings. The highest BCUT2D eigenvalue weighted by atomic mass is 79.9. The molecule has 2 aromatic rings. The van der Waals surface area contributed by atoms with E-state index in [2.05, 4.69) is 33.4 Å². The number of hydrogen-bond donors (Lipinski definition) is 1. The summed E-state index contributed by atoms with van der Waals surface area (Å²) in [6.07, 6.45) is 0. The molecule has 25 heavy (non-hydrogen) atoms. The number of halogens is 1. The Kier molecular flexibility index (Phi) is 7.65. The first-order valence-corrected chi connectivity index (χ1v) is 9.72. The van der Waals surface area contributed by atoms with Gasteiger partial charge < -0.3 is 14.8 Å². The molecular weight excluding hydrogens is 402 g/mol. The molecule has 0 aliphatic heterocycles. The van der Waals surface area contributed by atoms with Gasteiger partial charge in [-0.15, -0.1) is 11.8 Å². The predicted molar refractivity (Wildman–Crippen MR) is 106 cm³/mol. The SMILES string of the molecule is COc1ccc(CNC(=O)C(C)SCc2ccc(Br)cc2)cc1OC. The van der Waals surface area contributed by atoms with Crippen LogP contribution in [0.15, 0.2) is 46.9 Å². The van der Waals surface area contributed by atoms with E-state index < -0.39 is 0 Å². The number of amides is 1.